The smallest absolute Gasteiger partial charge is 0.191 e. The molecule has 0 aliphatic heterocycles. The molecule has 0 radical (unpaired) electrons. The maximum absolute atomic E-state index is 10.7. The van der Waals surface area contributed by atoms with E-state index in [4.69, 9.17) is 4.74 Å². The van der Waals surface area contributed by atoms with Crippen molar-refractivity contribution in [2.24, 2.45) is 12.0 Å². The summed E-state index contributed by atoms with van der Waals surface area (Å²) < 4.78 is 7.86. The first-order chi connectivity index (χ1) is 14.5. The maximum atomic E-state index is 10.7. The number of hydrogen-bond acceptors (Lipinski definition) is 4. The van der Waals surface area contributed by atoms with E-state index >= 15 is 0 Å². The highest BCUT2D eigenvalue weighted by molar-refractivity contribution is 14.0. The summed E-state index contributed by atoms with van der Waals surface area (Å²) in [5.74, 6) is 0.699. The molecule has 31 heavy (non-hydrogen) atoms. The largest absolute Gasteiger partial charge is 0.383 e. The topological polar surface area (TPSA) is 83.7 Å². The number of benzene rings is 1. The Bertz CT molecular complexity index is 837. The molecule has 1 aliphatic rings. The highest BCUT2D eigenvalue weighted by Crippen LogP contribution is 2.32. The molecule has 7 nitrogen and oxygen atoms in total. The van der Waals surface area contributed by atoms with Crippen LogP contribution in [0.3, 0.4) is 0 Å². The van der Waals surface area contributed by atoms with Crippen molar-refractivity contribution in [2.45, 2.75) is 51.2 Å². The minimum absolute atomic E-state index is 0. The zero-order chi connectivity index (χ0) is 21.4. The van der Waals surface area contributed by atoms with Gasteiger partial charge in [-0.05, 0) is 50.7 Å². The van der Waals surface area contributed by atoms with Crippen LogP contribution in [0.4, 0.5) is 0 Å². The van der Waals surface area contributed by atoms with E-state index in [9.17, 15) is 5.11 Å². The van der Waals surface area contributed by atoms with Crippen LogP contribution in [0.2, 0.25) is 0 Å². The number of ether oxygens (including phenoxy) is 1. The van der Waals surface area contributed by atoms with Crippen LogP contribution in [0.5, 0.6) is 0 Å². The molecule has 0 saturated heterocycles. The second-order valence-corrected chi connectivity index (χ2v) is 8.10. The van der Waals surface area contributed by atoms with E-state index in [-0.39, 0.29) is 36.6 Å². The number of aromatic nitrogens is 2. The Hall–Kier alpha value is -1.65. The zero-order valence-electron chi connectivity index (χ0n) is 18.8. The van der Waals surface area contributed by atoms with E-state index in [1.54, 1.807) is 17.8 Å². The molecule has 0 spiro atoms. The molecule has 1 heterocycles. The van der Waals surface area contributed by atoms with E-state index in [2.05, 4.69) is 45.0 Å². The highest BCUT2D eigenvalue weighted by atomic mass is 127. The summed E-state index contributed by atoms with van der Waals surface area (Å²) in [4.78, 5) is 4.55. The van der Waals surface area contributed by atoms with Crippen molar-refractivity contribution in [1.29, 1.82) is 0 Å². The predicted octanol–water partition coefficient (Wildman–Crippen LogP) is 3.29. The van der Waals surface area contributed by atoms with E-state index in [0.29, 0.717) is 12.6 Å². The molecule has 0 bridgehead atoms. The van der Waals surface area contributed by atoms with Gasteiger partial charge in [0.15, 0.2) is 5.96 Å². The molecule has 0 fully saturated rings. The molecule has 1 aliphatic carbocycles. The number of aliphatic hydroxyl groups is 1. The standard InChI is InChI=1S/C23H35N5O2.HI/c1-4-24-22(26-17-23(2,29)19-15-27-28(3)16-19)25-13-8-14-30-21-12-7-10-18-9-5-6-11-20(18)21;/h5-6,9,11,15-16,21,29H,4,7-8,10,12-14,17H2,1-3H3,(H2,24,25,26);1H. The average molecular weight is 541 g/mol. The Morgan fingerprint density at radius 3 is 2.90 bits per heavy atom. The third-order valence-electron chi connectivity index (χ3n) is 5.46. The van der Waals surface area contributed by atoms with Crippen LogP contribution in [0.15, 0.2) is 41.7 Å². The van der Waals surface area contributed by atoms with Gasteiger partial charge < -0.3 is 20.5 Å². The molecular formula is C23H36IN5O2. The fourth-order valence-corrected chi connectivity index (χ4v) is 3.75. The van der Waals surface area contributed by atoms with E-state index in [0.717, 1.165) is 37.9 Å². The summed E-state index contributed by atoms with van der Waals surface area (Å²) in [6.07, 6.45) is 8.04. The van der Waals surface area contributed by atoms with E-state index in [1.165, 1.54) is 17.5 Å². The van der Waals surface area contributed by atoms with Gasteiger partial charge in [0.1, 0.15) is 5.60 Å². The number of nitrogens with one attached hydrogen (secondary N) is 2. The second kappa shape index (κ2) is 12.4. The van der Waals surface area contributed by atoms with Gasteiger partial charge in [0.25, 0.3) is 0 Å². The molecule has 2 unspecified atom stereocenters. The molecule has 2 atom stereocenters. The summed E-state index contributed by atoms with van der Waals surface area (Å²) in [5, 5.41) is 21.4. The Morgan fingerprint density at radius 2 is 2.16 bits per heavy atom. The van der Waals surface area contributed by atoms with Crippen molar-refractivity contribution in [3.05, 3.63) is 53.3 Å². The summed E-state index contributed by atoms with van der Waals surface area (Å²) >= 11 is 0. The minimum atomic E-state index is -1.06. The van der Waals surface area contributed by atoms with Gasteiger partial charge in [0.2, 0.25) is 0 Å². The molecular weight excluding hydrogens is 505 g/mol. The lowest BCUT2D eigenvalue weighted by atomic mass is 9.89. The first-order valence-electron chi connectivity index (χ1n) is 10.9. The Labute approximate surface area is 202 Å². The third-order valence-corrected chi connectivity index (χ3v) is 5.46. The van der Waals surface area contributed by atoms with Gasteiger partial charge in [-0.2, -0.15) is 5.10 Å². The van der Waals surface area contributed by atoms with Gasteiger partial charge in [0.05, 0.1) is 18.8 Å². The lowest BCUT2D eigenvalue weighted by Crippen LogP contribution is -2.39. The first kappa shape index (κ1) is 25.6. The van der Waals surface area contributed by atoms with Crippen LogP contribution in [0, 0.1) is 0 Å². The summed E-state index contributed by atoms with van der Waals surface area (Å²) in [7, 11) is 1.84. The summed E-state index contributed by atoms with van der Waals surface area (Å²) in [5.41, 5.74) is 2.47. The van der Waals surface area contributed by atoms with Crippen LogP contribution in [-0.2, 0) is 23.8 Å². The summed E-state index contributed by atoms with van der Waals surface area (Å²) in [6, 6.07) is 8.62. The maximum Gasteiger partial charge on any atom is 0.191 e. The summed E-state index contributed by atoms with van der Waals surface area (Å²) in [6.45, 7) is 6.26. The van der Waals surface area contributed by atoms with Crippen molar-refractivity contribution < 1.29 is 9.84 Å². The number of nitrogens with zero attached hydrogens (tertiary/aromatic N) is 3. The number of aliphatic imine (C=N–C) groups is 1. The molecule has 0 saturated carbocycles. The normalized spacial score (nSPS) is 17.9. The van der Waals surface area contributed by atoms with Crippen LogP contribution in [-0.4, -0.2) is 47.1 Å². The van der Waals surface area contributed by atoms with E-state index in [1.807, 2.05) is 20.2 Å². The fraction of sp³-hybridized carbons (Fsp3) is 0.565. The van der Waals surface area contributed by atoms with Gasteiger partial charge in [-0.25, -0.2) is 4.99 Å². The fourth-order valence-electron chi connectivity index (χ4n) is 3.75. The Balaban J connectivity index is 0.00000341. The van der Waals surface area contributed by atoms with Gasteiger partial charge in [-0.15, -0.1) is 24.0 Å². The van der Waals surface area contributed by atoms with Crippen LogP contribution < -0.4 is 10.6 Å². The highest BCUT2D eigenvalue weighted by Gasteiger charge is 2.24. The predicted molar refractivity (Wildman–Crippen MR) is 135 cm³/mol. The molecule has 172 valence electrons. The number of guanidine groups is 1. The third kappa shape index (κ3) is 7.47. The van der Waals surface area contributed by atoms with Crippen molar-refractivity contribution in [3.8, 4) is 0 Å². The zero-order valence-corrected chi connectivity index (χ0v) is 21.1. The Kier molecular flexibility index (Phi) is 10.2. The number of rotatable bonds is 9. The van der Waals surface area contributed by atoms with Gasteiger partial charge in [-0.1, -0.05) is 24.3 Å². The molecule has 1 aromatic carbocycles. The molecule has 0 amide bonds. The van der Waals surface area contributed by atoms with Crippen LogP contribution >= 0.6 is 24.0 Å². The average Bonchev–Trinajstić information content (AvgIpc) is 3.19. The van der Waals surface area contributed by atoms with Crippen molar-refractivity contribution >= 4 is 29.9 Å². The van der Waals surface area contributed by atoms with Crippen molar-refractivity contribution in [3.63, 3.8) is 0 Å². The van der Waals surface area contributed by atoms with Crippen LogP contribution in [0.25, 0.3) is 0 Å². The molecule has 3 rings (SSSR count). The van der Waals surface area contributed by atoms with Gasteiger partial charge in [-0.3, -0.25) is 4.68 Å². The molecule has 1 aromatic heterocycles. The monoisotopic (exact) mass is 541 g/mol. The number of fused-ring (bicyclic) bond motifs is 1. The second-order valence-electron chi connectivity index (χ2n) is 8.10. The van der Waals surface area contributed by atoms with Crippen molar-refractivity contribution in [1.82, 2.24) is 20.4 Å². The SMILES string of the molecule is CCNC(=NCC(C)(O)c1cnn(C)c1)NCCCOC1CCCc2ccccc21.I. The minimum Gasteiger partial charge on any atom is -0.383 e. The Morgan fingerprint density at radius 1 is 1.35 bits per heavy atom. The molecule has 8 heteroatoms. The molecule has 3 N–H and O–H groups in total. The lowest BCUT2D eigenvalue weighted by Gasteiger charge is -2.25. The molecule has 2 aromatic rings. The quantitative estimate of drug-likeness (QED) is 0.197. The number of aryl methyl sites for hydroxylation is 2. The van der Waals surface area contributed by atoms with Gasteiger partial charge in [0, 0.05) is 38.5 Å². The van der Waals surface area contributed by atoms with E-state index < -0.39 is 5.60 Å². The first-order valence-corrected chi connectivity index (χ1v) is 10.9. The van der Waals surface area contributed by atoms with Crippen molar-refractivity contribution in [2.75, 3.05) is 26.2 Å². The number of halogens is 1. The number of hydrogen-bond donors (Lipinski definition) is 3. The lowest BCUT2D eigenvalue weighted by molar-refractivity contribution is 0.0397. The van der Waals surface area contributed by atoms with Gasteiger partial charge >= 0.3 is 0 Å². The van der Waals surface area contributed by atoms with Crippen LogP contribution in [0.1, 0.15) is 55.9 Å².